The van der Waals surface area contributed by atoms with Gasteiger partial charge in [0.1, 0.15) is 0 Å². The zero-order chi connectivity index (χ0) is 13.4. The zero-order valence-electron chi connectivity index (χ0n) is 11.8. The summed E-state index contributed by atoms with van der Waals surface area (Å²) in [5, 5.41) is 11.7. The molecule has 2 heteroatoms. The minimum Gasteiger partial charge on any atom is -0.411 e. The molecule has 1 aliphatic rings. The lowest BCUT2D eigenvalue weighted by molar-refractivity contribution is 0.321. The van der Waals surface area contributed by atoms with Crippen LogP contribution < -0.4 is 0 Å². The smallest absolute Gasteiger partial charge is 0.0479 e. The minimum absolute atomic E-state index is 0.450. The van der Waals surface area contributed by atoms with Gasteiger partial charge in [0.25, 0.3) is 0 Å². The van der Waals surface area contributed by atoms with Gasteiger partial charge >= 0.3 is 0 Å². The molecule has 1 atom stereocenters. The van der Waals surface area contributed by atoms with Crippen LogP contribution in [0.1, 0.15) is 52.9 Å². The fourth-order valence-electron chi connectivity index (χ4n) is 2.36. The van der Waals surface area contributed by atoms with Crippen molar-refractivity contribution >= 4 is 6.21 Å². The first-order valence-electron chi connectivity index (χ1n) is 6.94. The third-order valence-electron chi connectivity index (χ3n) is 3.40. The summed E-state index contributed by atoms with van der Waals surface area (Å²) in [5.41, 5.74) is 4.11. The van der Waals surface area contributed by atoms with Gasteiger partial charge in [-0.2, -0.15) is 0 Å². The van der Waals surface area contributed by atoms with Crippen LogP contribution in [0.25, 0.3) is 0 Å². The van der Waals surface area contributed by atoms with E-state index in [-0.39, 0.29) is 0 Å². The molecule has 0 aliphatic heterocycles. The fourth-order valence-corrected chi connectivity index (χ4v) is 2.36. The highest BCUT2D eigenvalue weighted by molar-refractivity contribution is 5.64. The molecule has 1 N–H and O–H groups in total. The summed E-state index contributed by atoms with van der Waals surface area (Å²) in [6.45, 7) is 6.60. The molecule has 1 rings (SSSR count). The van der Waals surface area contributed by atoms with Crippen molar-refractivity contribution in [3.8, 4) is 0 Å². The minimum atomic E-state index is 0.450. The molecule has 100 valence electrons. The second kappa shape index (κ2) is 7.91. The standard InChI is InChI=1S/C16H25NO/c1-4-5-6-7-16-14(3)9-8-13(2)12-15(16)10-11-17-18/h8-9,11-13,18H,4-7,10H2,1-3H3/b17-11-. The number of hydrogen-bond donors (Lipinski definition) is 1. The summed E-state index contributed by atoms with van der Waals surface area (Å²) in [4.78, 5) is 0. The van der Waals surface area contributed by atoms with Crippen LogP contribution in [0, 0.1) is 5.92 Å². The zero-order valence-corrected chi connectivity index (χ0v) is 11.8. The predicted molar refractivity (Wildman–Crippen MR) is 78.1 cm³/mol. The van der Waals surface area contributed by atoms with Gasteiger partial charge in [-0.05, 0) is 42.4 Å². The largest absolute Gasteiger partial charge is 0.411 e. The van der Waals surface area contributed by atoms with E-state index in [9.17, 15) is 0 Å². The Labute approximate surface area is 111 Å². The van der Waals surface area contributed by atoms with Crippen LogP contribution in [0.4, 0.5) is 0 Å². The molecule has 0 spiro atoms. The van der Waals surface area contributed by atoms with E-state index in [1.807, 2.05) is 0 Å². The lowest BCUT2D eigenvalue weighted by Crippen LogP contribution is -1.96. The molecule has 18 heavy (non-hydrogen) atoms. The predicted octanol–water partition coefficient (Wildman–Crippen LogP) is 4.87. The Hall–Kier alpha value is -1.31. The highest BCUT2D eigenvalue weighted by atomic mass is 16.4. The lowest BCUT2D eigenvalue weighted by Gasteiger charge is -2.12. The Morgan fingerprint density at radius 1 is 1.39 bits per heavy atom. The second-order valence-corrected chi connectivity index (χ2v) is 5.03. The van der Waals surface area contributed by atoms with Gasteiger partial charge in [-0.25, -0.2) is 0 Å². The summed E-state index contributed by atoms with van der Waals surface area (Å²) in [6.07, 6.45) is 13.9. The highest BCUT2D eigenvalue weighted by Gasteiger charge is 2.11. The maximum Gasteiger partial charge on any atom is 0.0479 e. The molecule has 0 amide bonds. The van der Waals surface area contributed by atoms with Crippen molar-refractivity contribution in [3.63, 3.8) is 0 Å². The molecule has 0 radical (unpaired) electrons. The number of nitrogens with zero attached hydrogens (tertiary/aromatic N) is 1. The van der Waals surface area contributed by atoms with Gasteiger partial charge in [-0.15, -0.1) is 5.16 Å². The average molecular weight is 247 g/mol. The Morgan fingerprint density at radius 3 is 2.83 bits per heavy atom. The van der Waals surface area contributed by atoms with Crippen LogP contribution in [-0.4, -0.2) is 11.4 Å². The number of allylic oxidation sites excluding steroid dienone is 6. The molecule has 0 bridgehead atoms. The van der Waals surface area contributed by atoms with Crippen molar-refractivity contribution in [1.82, 2.24) is 0 Å². The average Bonchev–Trinajstić information content (AvgIpc) is 2.49. The van der Waals surface area contributed by atoms with Crippen molar-refractivity contribution in [2.24, 2.45) is 11.1 Å². The molecule has 0 aromatic rings. The van der Waals surface area contributed by atoms with E-state index < -0.39 is 0 Å². The Kier molecular flexibility index (Phi) is 6.48. The van der Waals surface area contributed by atoms with Gasteiger partial charge in [0, 0.05) is 12.6 Å². The summed E-state index contributed by atoms with van der Waals surface area (Å²) < 4.78 is 0. The van der Waals surface area contributed by atoms with E-state index in [1.54, 1.807) is 6.21 Å². The van der Waals surface area contributed by atoms with Crippen LogP contribution in [-0.2, 0) is 0 Å². The summed E-state index contributed by atoms with van der Waals surface area (Å²) in [5.74, 6) is 0.450. The van der Waals surface area contributed by atoms with Crippen molar-refractivity contribution in [2.45, 2.75) is 52.9 Å². The maximum atomic E-state index is 8.61. The first-order chi connectivity index (χ1) is 8.69. The van der Waals surface area contributed by atoms with Crippen LogP contribution >= 0.6 is 0 Å². The molecular formula is C16H25NO. The van der Waals surface area contributed by atoms with Gasteiger partial charge in [-0.1, -0.05) is 44.9 Å². The monoisotopic (exact) mass is 247 g/mol. The fraction of sp³-hybridized carbons (Fsp3) is 0.562. The number of rotatable bonds is 6. The molecular weight excluding hydrogens is 222 g/mol. The topological polar surface area (TPSA) is 32.6 Å². The van der Waals surface area contributed by atoms with E-state index in [0.717, 1.165) is 12.8 Å². The van der Waals surface area contributed by atoms with Crippen molar-refractivity contribution < 1.29 is 5.21 Å². The van der Waals surface area contributed by atoms with Gasteiger partial charge in [-0.3, -0.25) is 0 Å². The second-order valence-electron chi connectivity index (χ2n) is 5.03. The Bertz CT molecular complexity index is 375. The lowest BCUT2D eigenvalue weighted by atomic mass is 9.93. The van der Waals surface area contributed by atoms with Gasteiger partial charge in [0.05, 0.1) is 0 Å². The highest BCUT2D eigenvalue weighted by Crippen LogP contribution is 2.28. The summed E-state index contributed by atoms with van der Waals surface area (Å²) in [7, 11) is 0. The molecule has 0 aromatic carbocycles. The molecule has 0 heterocycles. The number of unbranched alkanes of at least 4 members (excludes halogenated alkanes) is 2. The maximum absolute atomic E-state index is 8.61. The Morgan fingerprint density at radius 2 is 2.17 bits per heavy atom. The third kappa shape index (κ3) is 4.52. The van der Waals surface area contributed by atoms with Gasteiger partial charge in [0.15, 0.2) is 0 Å². The van der Waals surface area contributed by atoms with E-state index in [2.05, 4.69) is 44.2 Å². The molecule has 0 saturated heterocycles. The van der Waals surface area contributed by atoms with E-state index in [4.69, 9.17) is 5.21 Å². The summed E-state index contributed by atoms with van der Waals surface area (Å²) in [6, 6.07) is 0. The van der Waals surface area contributed by atoms with Crippen molar-refractivity contribution in [2.75, 3.05) is 0 Å². The molecule has 1 aliphatic carbocycles. The normalized spacial score (nSPS) is 20.4. The van der Waals surface area contributed by atoms with Crippen molar-refractivity contribution in [3.05, 3.63) is 34.9 Å². The molecule has 2 nitrogen and oxygen atoms in total. The van der Waals surface area contributed by atoms with E-state index in [0.29, 0.717) is 5.92 Å². The van der Waals surface area contributed by atoms with Crippen LogP contribution in [0.2, 0.25) is 0 Å². The molecule has 0 saturated carbocycles. The van der Waals surface area contributed by atoms with Gasteiger partial charge in [0.2, 0.25) is 0 Å². The van der Waals surface area contributed by atoms with E-state index in [1.165, 1.54) is 36.0 Å². The molecule has 0 fully saturated rings. The first kappa shape index (κ1) is 14.7. The molecule has 0 aromatic heterocycles. The number of oxime groups is 1. The molecule has 1 unspecified atom stereocenters. The third-order valence-corrected chi connectivity index (χ3v) is 3.40. The quantitative estimate of drug-likeness (QED) is 0.309. The van der Waals surface area contributed by atoms with Crippen molar-refractivity contribution in [1.29, 1.82) is 0 Å². The Balaban J connectivity index is 2.88. The first-order valence-corrected chi connectivity index (χ1v) is 6.94. The SMILES string of the molecule is CCCCCC1=C(C)C=CC(C)C=C1C/C=N\O. The van der Waals surface area contributed by atoms with Crippen LogP contribution in [0.15, 0.2) is 40.1 Å². The van der Waals surface area contributed by atoms with E-state index >= 15 is 0 Å². The van der Waals surface area contributed by atoms with Crippen LogP contribution in [0.3, 0.4) is 0 Å². The summed E-state index contributed by atoms with van der Waals surface area (Å²) >= 11 is 0. The number of hydrogen-bond acceptors (Lipinski definition) is 2. The van der Waals surface area contributed by atoms with Crippen LogP contribution in [0.5, 0.6) is 0 Å². The van der Waals surface area contributed by atoms with Gasteiger partial charge < -0.3 is 5.21 Å².